The predicted molar refractivity (Wildman–Crippen MR) is 75.5 cm³/mol. The molecule has 0 saturated carbocycles. The predicted octanol–water partition coefficient (Wildman–Crippen LogP) is 2.03. The number of benzene rings is 1. The summed E-state index contributed by atoms with van der Waals surface area (Å²) in [6.07, 6.45) is 0.255. The van der Waals surface area contributed by atoms with Gasteiger partial charge in [0.2, 0.25) is 5.91 Å². The molecule has 1 aromatic rings. The van der Waals surface area contributed by atoms with Gasteiger partial charge in [-0.2, -0.15) is 0 Å². The van der Waals surface area contributed by atoms with E-state index < -0.39 is 16.3 Å². The zero-order chi connectivity index (χ0) is 15.9. The van der Waals surface area contributed by atoms with E-state index in [0.717, 1.165) is 7.11 Å². The molecular formula is C14H16N2O5. The van der Waals surface area contributed by atoms with Gasteiger partial charge in [-0.25, -0.2) is 4.79 Å². The zero-order valence-corrected chi connectivity index (χ0v) is 12.3. The van der Waals surface area contributed by atoms with Crippen LogP contribution in [-0.4, -0.2) is 31.0 Å². The Hall–Kier alpha value is -2.44. The van der Waals surface area contributed by atoms with Gasteiger partial charge < -0.3 is 9.64 Å². The molecule has 0 N–H and O–H groups in total. The monoisotopic (exact) mass is 292 g/mol. The van der Waals surface area contributed by atoms with Gasteiger partial charge in [0.05, 0.1) is 12.0 Å². The van der Waals surface area contributed by atoms with Crippen LogP contribution in [0.15, 0.2) is 12.1 Å². The van der Waals surface area contributed by atoms with Gasteiger partial charge in [0.15, 0.2) is 0 Å². The molecule has 0 aromatic heterocycles. The molecule has 2 rings (SSSR count). The van der Waals surface area contributed by atoms with Gasteiger partial charge >= 0.3 is 5.97 Å². The normalized spacial score (nSPS) is 16.4. The number of carbonyl (C=O) groups excluding carboxylic acids is 2. The number of nitro groups is 1. The first kappa shape index (κ1) is 15.0. The number of carbonyl (C=O) groups is 2. The number of rotatable bonds is 2. The fourth-order valence-electron chi connectivity index (χ4n) is 2.55. The molecule has 1 heterocycles. The Morgan fingerprint density at radius 1 is 1.43 bits per heavy atom. The summed E-state index contributed by atoms with van der Waals surface area (Å²) < 4.78 is 4.59. The molecule has 1 aliphatic heterocycles. The molecule has 0 spiro atoms. The lowest BCUT2D eigenvalue weighted by molar-refractivity contribution is -0.385. The smallest absolute Gasteiger partial charge is 0.344 e. The van der Waals surface area contributed by atoms with Crippen LogP contribution in [0.1, 0.15) is 36.2 Å². The Morgan fingerprint density at radius 3 is 2.57 bits per heavy atom. The lowest BCUT2D eigenvalue weighted by Gasteiger charge is -2.36. The molecule has 7 heteroatoms. The third kappa shape index (κ3) is 2.35. The second-order valence-corrected chi connectivity index (χ2v) is 5.65. The Balaban J connectivity index is 2.77. The van der Waals surface area contributed by atoms with Crippen LogP contribution in [0.25, 0.3) is 0 Å². The first-order chi connectivity index (χ1) is 9.69. The van der Waals surface area contributed by atoms with E-state index in [0.29, 0.717) is 11.3 Å². The SMILES string of the molecule is COC(=O)c1cc2c(cc1[N+](=O)[O-])C(C)(C)CC(=O)N2C. The summed E-state index contributed by atoms with van der Waals surface area (Å²) in [6.45, 7) is 3.69. The van der Waals surface area contributed by atoms with Crippen LogP contribution in [0.5, 0.6) is 0 Å². The standard InChI is InChI=1S/C14H16N2O5/c1-14(2)7-12(17)15(3)11-5-8(13(18)21-4)10(16(19)20)6-9(11)14/h5-6H,7H2,1-4H3. The van der Waals surface area contributed by atoms with Crippen LogP contribution in [0.3, 0.4) is 0 Å². The zero-order valence-electron chi connectivity index (χ0n) is 12.3. The van der Waals surface area contributed by atoms with Crippen molar-refractivity contribution in [2.45, 2.75) is 25.7 Å². The minimum Gasteiger partial charge on any atom is -0.465 e. The molecule has 0 unspecified atom stereocenters. The van der Waals surface area contributed by atoms with E-state index in [1.165, 1.54) is 17.0 Å². The van der Waals surface area contributed by atoms with Crippen LogP contribution in [-0.2, 0) is 14.9 Å². The highest BCUT2D eigenvalue weighted by Crippen LogP contribution is 2.42. The van der Waals surface area contributed by atoms with Gasteiger partial charge in [-0.1, -0.05) is 13.8 Å². The third-order valence-electron chi connectivity index (χ3n) is 3.77. The van der Waals surface area contributed by atoms with Crippen LogP contribution in [0, 0.1) is 10.1 Å². The average Bonchev–Trinajstić information content (AvgIpc) is 2.42. The highest BCUT2D eigenvalue weighted by Gasteiger charge is 2.38. The average molecular weight is 292 g/mol. The number of nitrogens with zero attached hydrogens (tertiary/aromatic N) is 2. The van der Waals surface area contributed by atoms with Gasteiger partial charge in [-0.15, -0.1) is 0 Å². The van der Waals surface area contributed by atoms with Crippen molar-refractivity contribution in [2.75, 3.05) is 19.1 Å². The topological polar surface area (TPSA) is 89.7 Å². The lowest BCUT2D eigenvalue weighted by Crippen LogP contribution is -2.39. The molecule has 1 aliphatic rings. The fourth-order valence-corrected chi connectivity index (χ4v) is 2.55. The number of anilines is 1. The van der Waals surface area contributed by atoms with Crippen molar-refractivity contribution < 1.29 is 19.2 Å². The highest BCUT2D eigenvalue weighted by molar-refractivity contribution is 6.01. The molecule has 21 heavy (non-hydrogen) atoms. The van der Waals surface area contributed by atoms with Crippen LogP contribution >= 0.6 is 0 Å². The molecule has 112 valence electrons. The van der Waals surface area contributed by atoms with Crippen molar-refractivity contribution in [3.63, 3.8) is 0 Å². The van der Waals surface area contributed by atoms with Crippen molar-refractivity contribution in [1.82, 2.24) is 0 Å². The van der Waals surface area contributed by atoms with Crippen LogP contribution in [0.2, 0.25) is 0 Å². The highest BCUT2D eigenvalue weighted by atomic mass is 16.6. The van der Waals surface area contributed by atoms with E-state index in [4.69, 9.17) is 0 Å². The number of amides is 1. The maximum absolute atomic E-state index is 12.0. The maximum Gasteiger partial charge on any atom is 0.344 e. The van der Waals surface area contributed by atoms with E-state index in [1.54, 1.807) is 7.05 Å². The molecule has 7 nitrogen and oxygen atoms in total. The number of hydrogen-bond acceptors (Lipinski definition) is 5. The summed E-state index contributed by atoms with van der Waals surface area (Å²) in [4.78, 5) is 35.8. The number of fused-ring (bicyclic) bond motifs is 1. The molecule has 0 radical (unpaired) electrons. The molecule has 0 fully saturated rings. The summed E-state index contributed by atoms with van der Waals surface area (Å²) in [5.41, 5.74) is 0.180. The molecular weight excluding hydrogens is 276 g/mol. The van der Waals surface area contributed by atoms with Crippen molar-refractivity contribution in [2.24, 2.45) is 0 Å². The molecule has 0 atom stereocenters. The Morgan fingerprint density at radius 2 is 2.05 bits per heavy atom. The van der Waals surface area contributed by atoms with Crippen molar-refractivity contribution in [1.29, 1.82) is 0 Å². The van der Waals surface area contributed by atoms with E-state index in [2.05, 4.69) is 4.74 Å². The first-order valence-electron chi connectivity index (χ1n) is 6.37. The summed E-state index contributed by atoms with van der Waals surface area (Å²) in [7, 11) is 2.74. The minimum atomic E-state index is -0.797. The second-order valence-electron chi connectivity index (χ2n) is 5.65. The summed E-state index contributed by atoms with van der Waals surface area (Å²) in [5.74, 6) is -0.897. The number of esters is 1. The summed E-state index contributed by atoms with van der Waals surface area (Å²) in [5, 5.41) is 11.2. The van der Waals surface area contributed by atoms with Crippen molar-refractivity contribution in [3.05, 3.63) is 33.4 Å². The van der Waals surface area contributed by atoms with Crippen LogP contribution < -0.4 is 4.90 Å². The maximum atomic E-state index is 12.0. The van der Waals surface area contributed by atoms with E-state index in [-0.39, 0.29) is 23.6 Å². The summed E-state index contributed by atoms with van der Waals surface area (Å²) in [6, 6.07) is 2.72. The summed E-state index contributed by atoms with van der Waals surface area (Å²) >= 11 is 0. The minimum absolute atomic E-state index is 0.0998. The Bertz CT molecular complexity index is 651. The fraction of sp³-hybridized carbons (Fsp3) is 0.429. The number of ether oxygens (including phenoxy) is 1. The molecule has 0 aliphatic carbocycles. The molecule has 1 aromatic carbocycles. The van der Waals surface area contributed by atoms with Gasteiger partial charge in [-0.05, 0) is 11.6 Å². The Labute approximate surface area is 121 Å². The quantitative estimate of drug-likeness (QED) is 0.472. The van der Waals surface area contributed by atoms with Gasteiger partial charge in [0, 0.05) is 30.6 Å². The largest absolute Gasteiger partial charge is 0.465 e. The first-order valence-corrected chi connectivity index (χ1v) is 6.37. The molecule has 0 saturated heterocycles. The second kappa shape index (κ2) is 4.83. The van der Waals surface area contributed by atoms with Gasteiger partial charge in [-0.3, -0.25) is 14.9 Å². The number of methoxy groups -OCH3 is 1. The number of hydrogen-bond donors (Lipinski definition) is 0. The van der Waals surface area contributed by atoms with Crippen LogP contribution in [0.4, 0.5) is 11.4 Å². The van der Waals surface area contributed by atoms with Gasteiger partial charge in [0.1, 0.15) is 5.56 Å². The van der Waals surface area contributed by atoms with E-state index in [9.17, 15) is 19.7 Å². The number of nitro benzene ring substituents is 1. The van der Waals surface area contributed by atoms with Gasteiger partial charge in [0.25, 0.3) is 5.69 Å². The third-order valence-corrected chi connectivity index (χ3v) is 3.77. The van der Waals surface area contributed by atoms with E-state index >= 15 is 0 Å². The molecule has 0 bridgehead atoms. The lowest BCUT2D eigenvalue weighted by atomic mass is 9.76. The molecule has 1 amide bonds. The van der Waals surface area contributed by atoms with E-state index in [1.807, 2.05) is 13.8 Å². The Kier molecular flexibility index (Phi) is 3.44. The van der Waals surface area contributed by atoms with Crippen molar-refractivity contribution in [3.8, 4) is 0 Å². The van der Waals surface area contributed by atoms with Crippen molar-refractivity contribution >= 4 is 23.3 Å².